The zero-order valence-electron chi connectivity index (χ0n) is 14.7. The number of hydrogen-bond donors (Lipinski definition) is 1. The molecule has 0 spiro atoms. The average molecular weight is 368 g/mol. The maximum Gasteiger partial charge on any atom is 0.387 e. The number of nitrogens with zero attached hydrogens (tertiary/aromatic N) is 1. The van der Waals surface area contributed by atoms with Crippen LogP contribution in [0, 0.1) is 6.92 Å². The molecule has 4 nitrogen and oxygen atoms in total. The molecular formula is C21H18F2N2O2. The summed E-state index contributed by atoms with van der Waals surface area (Å²) in [6, 6.07) is 19.5. The van der Waals surface area contributed by atoms with Crippen molar-refractivity contribution < 1.29 is 18.3 Å². The van der Waals surface area contributed by atoms with E-state index in [-0.39, 0.29) is 18.2 Å². The molecule has 1 aromatic heterocycles. The van der Waals surface area contributed by atoms with Gasteiger partial charge in [0.05, 0.1) is 17.0 Å². The minimum atomic E-state index is -2.92. The van der Waals surface area contributed by atoms with E-state index in [2.05, 4.69) is 15.0 Å². The number of ether oxygens (including phenoxy) is 1. The Morgan fingerprint density at radius 2 is 1.74 bits per heavy atom. The van der Waals surface area contributed by atoms with Crippen LogP contribution in [0.3, 0.4) is 0 Å². The van der Waals surface area contributed by atoms with Gasteiger partial charge in [-0.2, -0.15) is 8.78 Å². The van der Waals surface area contributed by atoms with Crippen LogP contribution in [0.15, 0.2) is 66.7 Å². The van der Waals surface area contributed by atoms with Crippen molar-refractivity contribution in [2.45, 2.75) is 20.1 Å². The molecule has 0 saturated heterocycles. The standard InChI is InChI=1S/C21H18F2N2O2/c1-14-17(11-12-18(25-14)15-7-3-2-4-8-15)20(26)24-13-16-9-5-6-10-19(16)27-21(22)23/h2-12,21H,13H2,1H3,(H,24,26). The number of carbonyl (C=O) groups is 1. The number of amides is 1. The van der Waals surface area contributed by atoms with Crippen molar-refractivity contribution in [1.82, 2.24) is 10.3 Å². The molecule has 0 fully saturated rings. The number of benzene rings is 2. The first-order valence-corrected chi connectivity index (χ1v) is 8.38. The van der Waals surface area contributed by atoms with Gasteiger partial charge in [-0.25, -0.2) is 0 Å². The predicted octanol–water partition coefficient (Wildman–Crippen LogP) is 4.59. The van der Waals surface area contributed by atoms with Crippen LogP contribution in [0.25, 0.3) is 11.3 Å². The van der Waals surface area contributed by atoms with Crippen molar-refractivity contribution in [3.05, 3.63) is 83.6 Å². The summed E-state index contributed by atoms with van der Waals surface area (Å²) in [5.41, 5.74) is 3.23. The molecule has 1 heterocycles. The van der Waals surface area contributed by atoms with Gasteiger partial charge in [-0.3, -0.25) is 9.78 Å². The van der Waals surface area contributed by atoms with Gasteiger partial charge in [0, 0.05) is 17.7 Å². The molecule has 0 bridgehead atoms. The second-order valence-electron chi connectivity index (χ2n) is 5.86. The fourth-order valence-corrected chi connectivity index (χ4v) is 2.70. The van der Waals surface area contributed by atoms with E-state index < -0.39 is 6.61 Å². The Balaban J connectivity index is 1.72. The minimum absolute atomic E-state index is 0.0436. The van der Waals surface area contributed by atoms with Gasteiger partial charge in [-0.1, -0.05) is 48.5 Å². The number of carbonyl (C=O) groups excluding carboxylic acids is 1. The number of halogens is 2. The number of pyridine rings is 1. The number of hydrogen-bond acceptors (Lipinski definition) is 3. The topological polar surface area (TPSA) is 51.2 Å². The van der Waals surface area contributed by atoms with E-state index in [0.717, 1.165) is 11.3 Å². The fraction of sp³-hybridized carbons (Fsp3) is 0.143. The summed E-state index contributed by atoms with van der Waals surface area (Å²) >= 11 is 0. The van der Waals surface area contributed by atoms with Gasteiger partial charge in [0.25, 0.3) is 5.91 Å². The lowest BCUT2D eigenvalue weighted by Gasteiger charge is -2.12. The largest absolute Gasteiger partial charge is 0.434 e. The van der Waals surface area contributed by atoms with E-state index in [0.29, 0.717) is 16.8 Å². The molecule has 0 saturated carbocycles. The molecule has 1 amide bonds. The Kier molecular flexibility index (Phi) is 5.76. The molecule has 0 aliphatic heterocycles. The summed E-state index contributed by atoms with van der Waals surface area (Å²) in [5.74, 6) is -0.284. The highest BCUT2D eigenvalue weighted by Crippen LogP contribution is 2.21. The molecule has 138 valence electrons. The number of aromatic nitrogens is 1. The van der Waals surface area contributed by atoms with E-state index >= 15 is 0 Å². The normalized spacial score (nSPS) is 10.7. The van der Waals surface area contributed by atoms with Gasteiger partial charge in [-0.15, -0.1) is 0 Å². The molecule has 0 aliphatic carbocycles. The van der Waals surface area contributed by atoms with E-state index in [4.69, 9.17) is 0 Å². The first-order chi connectivity index (χ1) is 13.0. The van der Waals surface area contributed by atoms with Crippen LogP contribution in [0.5, 0.6) is 5.75 Å². The monoisotopic (exact) mass is 368 g/mol. The summed E-state index contributed by atoms with van der Waals surface area (Å²) in [5, 5.41) is 2.73. The number of para-hydroxylation sites is 1. The Morgan fingerprint density at radius 3 is 2.44 bits per heavy atom. The van der Waals surface area contributed by atoms with E-state index in [1.165, 1.54) is 6.07 Å². The predicted molar refractivity (Wildman–Crippen MR) is 98.7 cm³/mol. The number of aryl methyl sites for hydroxylation is 1. The van der Waals surface area contributed by atoms with Crippen LogP contribution in [0.2, 0.25) is 0 Å². The zero-order valence-corrected chi connectivity index (χ0v) is 14.7. The number of alkyl halides is 2. The molecule has 0 unspecified atom stereocenters. The summed E-state index contributed by atoms with van der Waals surface area (Å²) < 4.78 is 29.4. The highest BCUT2D eigenvalue weighted by molar-refractivity contribution is 5.95. The third-order valence-electron chi connectivity index (χ3n) is 4.03. The zero-order chi connectivity index (χ0) is 19.2. The highest BCUT2D eigenvalue weighted by Gasteiger charge is 2.13. The number of nitrogens with one attached hydrogen (secondary N) is 1. The fourth-order valence-electron chi connectivity index (χ4n) is 2.70. The van der Waals surface area contributed by atoms with Crippen molar-refractivity contribution in [3.63, 3.8) is 0 Å². The third-order valence-corrected chi connectivity index (χ3v) is 4.03. The smallest absolute Gasteiger partial charge is 0.387 e. The van der Waals surface area contributed by atoms with E-state index in [9.17, 15) is 13.6 Å². The van der Waals surface area contributed by atoms with E-state index in [1.807, 2.05) is 30.3 Å². The second-order valence-corrected chi connectivity index (χ2v) is 5.86. The molecule has 27 heavy (non-hydrogen) atoms. The summed E-state index contributed by atoms with van der Waals surface area (Å²) in [6.07, 6.45) is 0. The Hall–Kier alpha value is -3.28. The first-order valence-electron chi connectivity index (χ1n) is 8.38. The van der Waals surface area contributed by atoms with Crippen molar-refractivity contribution >= 4 is 5.91 Å². The minimum Gasteiger partial charge on any atom is -0.434 e. The van der Waals surface area contributed by atoms with E-state index in [1.54, 1.807) is 37.3 Å². The average Bonchev–Trinajstić information content (AvgIpc) is 2.67. The van der Waals surface area contributed by atoms with Crippen LogP contribution in [0.4, 0.5) is 8.78 Å². The van der Waals surface area contributed by atoms with Gasteiger partial charge in [-0.05, 0) is 25.1 Å². The van der Waals surface area contributed by atoms with Crippen molar-refractivity contribution in [2.24, 2.45) is 0 Å². The SMILES string of the molecule is Cc1nc(-c2ccccc2)ccc1C(=O)NCc1ccccc1OC(F)F. The van der Waals surface area contributed by atoms with Crippen LogP contribution >= 0.6 is 0 Å². The van der Waals surface area contributed by atoms with Crippen molar-refractivity contribution in [1.29, 1.82) is 0 Å². The van der Waals surface area contributed by atoms with Gasteiger partial charge >= 0.3 is 6.61 Å². The molecule has 0 radical (unpaired) electrons. The Labute approximate surface area is 155 Å². The molecule has 6 heteroatoms. The lowest BCUT2D eigenvalue weighted by atomic mass is 10.1. The summed E-state index contributed by atoms with van der Waals surface area (Å²) in [6.45, 7) is -1.09. The summed E-state index contributed by atoms with van der Waals surface area (Å²) in [4.78, 5) is 17.0. The molecule has 1 N–H and O–H groups in total. The van der Waals surface area contributed by atoms with Crippen LogP contribution in [0.1, 0.15) is 21.6 Å². The van der Waals surface area contributed by atoms with Gasteiger partial charge in [0.1, 0.15) is 5.75 Å². The number of rotatable bonds is 6. The van der Waals surface area contributed by atoms with Gasteiger partial charge in [0.2, 0.25) is 0 Å². The van der Waals surface area contributed by atoms with Crippen molar-refractivity contribution in [2.75, 3.05) is 0 Å². The third kappa shape index (κ3) is 4.67. The Bertz CT molecular complexity index is 930. The molecule has 0 aliphatic rings. The van der Waals surface area contributed by atoms with Gasteiger partial charge in [0.15, 0.2) is 0 Å². The summed E-state index contributed by atoms with van der Waals surface area (Å²) in [7, 11) is 0. The lowest BCUT2D eigenvalue weighted by Crippen LogP contribution is -2.24. The van der Waals surface area contributed by atoms with Crippen LogP contribution in [-0.4, -0.2) is 17.5 Å². The highest BCUT2D eigenvalue weighted by atomic mass is 19.3. The molecule has 3 rings (SSSR count). The van der Waals surface area contributed by atoms with Crippen molar-refractivity contribution in [3.8, 4) is 17.0 Å². The second kappa shape index (κ2) is 8.40. The molecule has 3 aromatic rings. The lowest BCUT2D eigenvalue weighted by molar-refractivity contribution is -0.0504. The maximum absolute atomic E-state index is 12.5. The Morgan fingerprint density at radius 1 is 1.04 bits per heavy atom. The van der Waals surface area contributed by atoms with Gasteiger partial charge < -0.3 is 10.1 Å². The van der Waals surface area contributed by atoms with Crippen LogP contribution in [-0.2, 0) is 6.54 Å². The molecule has 2 aromatic carbocycles. The molecule has 0 atom stereocenters. The maximum atomic E-state index is 12.5. The van der Waals surface area contributed by atoms with Crippen LogP contribution < -0.4 is 10.1 Å². The first kappa shape index (κ1) is 18.5. The quantitative estimate of drug-likeness (QED) is 0.692. The molecular weight excluding hydrogens is 350 g/mol.